The van der Waals surface area contributed by atoms with Crippen LogP contribution in [0.4, 0.5) is 0 Å². The molecule has 1 fully saturated rings. The number of aromatic nitrogens is 2. The summed E-state index contributed by atoms with van der Waals surface area (Å²) >= 11 is 0. The zero-order valence-electron chi connectivity index (χ0n) is 27.1. The van der Waals surface area contributed by atoms with Crippen LogP contribution in [0.15, 0.2) is 12.4 Å². The second kappa shape index (κ2) is 22.8. The second-order valence-electron chi connectivity index (χ2n) is 13.1. The summed E-state index contributed by atoms with van der Waals surface area (Å²) < 4.78 is 2.35. The highest BCUT2D eigenvalue weighted by atomic mass is 15.3. The molecule has 1 aromatic heterocycles. The Balaban J connectivity index is 1.67. The highest BCUT2D eigenvalue weighted by Crippen LogP contribution is 2.30. The molecule has 0 saturated carbocycles. The monoisotopic (exact) mass is 544 g/mol. The molecule has 1 aliphatic heterocycles. The fourth-order valence-electron chi connectivity index (χ4n) is 6.84. The number of hydrogen-bond donors (Lipinski definition) is 0. The standard InChI is InChI=1S/C36H69N3/c1-5-9-13-17-22-33(21-12-8-4)23-18-15-20-28-38-29-26-36(27-30-38)39-32-35(31-37-39)34(24-16-11-7-3)25-19-14-10-6-2/h31-34,36H,5-30H2,1-4H3. The minimum atomic E-state index is 0.610. The predicted octanol–water partition coefficient (Wildman–Crippen LogP) is 11.5. The third-order valence-corrected chi connectivity index (χ3v) is 9.60. The van der Waals surface area contributed by atoms with Crippen molar-refractivity contribution in [3.05, 3.63) is 18.0 Å². The van der Waals surface area contributed by atoms with Crippen molar-refractivity contribution in [3.63, 3.8) is 0 Å². The van der Waals surface area contributed by atoms with E-state index in [0.717, 1.165) is 11.8 Å². The van der Waals surface area contributed by atoms with E-state index < -0.39 is 0 Å². The average molecular weight is 544 g/mol. The summed E-state index contributed by atoms with van der Waals surface area (Å²) in [5.74, 6) is 1.72. The molecule has 2 heterocycles. The van der Waals surface area contributed by atoms with Crippen molar-refractivity contribution in [1.29, 1.82) is 0 Å². The predicted molar refractivity (Wildman–Crippen MR) is 173 cm³/mol. The van der Waals surface area contributed by atoms with E-state index in [2.05, 4.69) is 49.7 Å². The molecule has 0 bridgehead atoms. The molecule has 0 N–H and O–H groups in total. The Morgan fingerprint density at radius 3 is 1.77 bits per heavy atom. The van der Waals surface area contributed by atoms with Gasteiger partial charge >= 0.3 is 0 Å². The lowest BCUT2D eigenvalue weighted by molar-refractivity contribution is 0.176. The molecule has 1 saturated heterocycles. The van der Waals surface area contributed by atoms with Crippen LogP contribution in [0.2, 0.25) is 0 Å². The van der Waals surface area contributed by atoms with E-state index in [0.29, 0.717) is 6.04 Å². The number of rotatable bonds is 25. The summed E-state index contributed by atoms with van der Waals surface area (Å²) in [6.07, 6.45) is 36.7. The number of nitrogens with zero attached hydrogens (tertiary/aromatic N) is 3. The Kier molecular flexibility index (Phi) is 20.1. The first kappa shape index (κ1) is 34.4. The minimum absolute atomic E-state index is 0.610. The maximum absolute atomic E-state index is 4.91. The van der Waals surface area contributed by atoms with Crippen LogP contribution in [0.5, 0.6) is 0 Å². The fraction of sp³-hybridized carbons (Fsp3) is 0.917. The van der Waals surface area contributed by atoms with Gasteiger partial charge in [0.2, 0.25) is 0 Å². The van der Waals surface area contributed by atoms with E-state index in [1.54, 1.807) is 0 Å². The van der Waals surface area contributed by atoms with Crippen LogP contribution in [-0.2, 0) is 0 Å². The number of unbranched alkanes of at least 4 members (excludes halogenated alkanes) is 11. The third kappa shape index (κ3) is 15.1. The van der Waals surface area contributed by atoms with E-state index in [1.807, 2.05) is 0 Å². The number of hydrogen-bond acceptors (Lipinski definition) is 2. The molecule has 0 spiro atoms. The van der Waals surface area contributed by atoms with Gasteiger partial charge in [0.25, 0.3) is 0 Å². The summed E-state index contributed by atoms with van der Waals surface area (Å²) in [4.78, 5) is 2.74. The van der Waals surface area contributed by atoms with Crippen LogP contribution in [0.3, 0.4) is 0 Å². The summed E-state index contributed by atoms with van der Waals surface area (Å²) in [7, 11) is 0. The van der Waals surface area contributed by atoms with Crippen LogP contribution < -0.4 is 0 Å². The van der Waals surface area contributed by atoms with Crippen molar-refractivity contribution in [2.24, 2.45) is 5.92 Å². The van der Waals surface area contributed by atoms with E-state index in [4.69, 9.17) is 5.10 Å². The largest absolute Gasteiger partial charge is 0.303 e. The Bertz CT molecular complexity index is 660. The van der Waals surface area contributed by atoms with Gasteiger partial charge in [-0.05, 0) is 56.0 Å². The Morgan fingerprint density at radius 2 is 1.15 bits per heavy atom. The molecule has 1 aromatic rings. The van der Waals surface area contributed by atoms with Crippen LogP contribution >= 0.6 is 0 Å². The van der Waals surface area contributed by atoms with Crippen LogP contribution in [-0.4, -0.2) is 34.3 Å². The summed E-state index contributed by atoms with van der Waals surface area (Å²) in [6.45, 7) is 13.1. The molecule has 228 valence electrons. The summed E-state index contributed by atoms with van der Waals surface area (Å²) in [5.41, 5.74) is 1.52. The molecule has 39 heavy (non-hydrogen) atoms. The summed E-state index contributed by atoms with van der Waals surface area (Å²) in [5, 5.41) is 4.91. The lowest BCUT2D eigenvalue weighted by atomic mass is 9.90. The molecular formula is C36H69N3. The van der Waals surface area contributed by atoms with Gasteiger partial charge < -0.3 is 4.90 Å². The van der Waals surface area contributed by atoms with Gasteiger partial charge in [0.1, 0.15) is 0 Å². The van der Waals surface area contributed by atoms with Gasteiger partial charge in [0.05, 0.1) is 12.2 Å². The first-order valence-electron chi connectivity index (χ1n) is 18.0. The van der Waals surface area contributed by atoms with Gasteiger partial charge in [0, 0.05) is 19.3 Å². The van der Waals surface area contributed by atoms with Gasteiger partial charge in [-0.3, -0.25) is 4.68 Å². The molecule has 2 unspecified atom stereocenters. The maximum Gasteiger partial charge on any atom is 0.0543 e. The zero-order valence-corrected chi connectivity index (χ0v) is 27.1. The average Bonchev–Trinajstić information content (AvgIpc) is 3.45. The molecule has 0 aromatic carbocycles. The van der Waals surface area contributed by atoms with Crippen LogP contribution in [0.25, 0.3) is 0 Å². The van der Waals surface area contributed by atoms with Crippen molar-refractivity contribution in [3.8, 4) is 0 Å². The Morgan fingerprint density at radius 1 is 0.641 bits per heavy atom. The minimum Gasteiger partial charge on any atom is -0.303 e. The molecule has 0 aliphatic carbocycles. The van der Waals surface area contributed by atoms with E-state index in [1.165, 1.54) is 173 Å². The highest BCUT2D eigenvalue weighted by molar-refractivity contribution is 5.12. The molecule has 2 rings (SSSR count). The van der Waals surface area contributed by atoms with Crippen molar-refractivity contribution in [2.75, 3.05) is 19.6 Å². The molecule has 3 nitrogen and oxygen atoms in total. The highest BCUT2D eigenvalue weighted by Gasteiger charge is 2.22. The van der Waals surface area contributed by atoms with Crippen molar-refractivity contribution in [1.82, 2.24) is 14.7 Å². The zero-order chi connectivity index (χ0) is 28.0. The first-order valence-corrected chi connectivity index (χ1v) is 18.0. The number of piperidine rings is 1. The van der Waals surface area contributed by atoms with Crippen molar-refractivity contribution in [2.45, 2.75) is 187 Å². The normalized spacial score (nSPS) is 16.6. The molecular weight excluding hydrogens is 474 g/mol. The molecule has 2 atom stereocenters. The molecule has 3 heteroatoms. The van der Waals surface area contributed by atoms with Crippen LogP contribution in [0, 0.1) is 5.92 Å². The van der Waals surface area contributed by atoms with Crippen LogP contribution in [0.1, 0.15) is 193 Å². The van der Waals surface area contributed by atoms with Gasteiger partial charge in [-0.2, -0.15) is 5.10 Å². The summed E-state index contributed by atoms with van der Waals surface area (Å²) in [6, 6.07) is 0.610. The molecule has 0 amide bonds. The third-order valence-electron chi connectivity index (χ3n) is 9.60. The van der Waals surface area contributed by atoms with Gasteiger partial charge in [-0.1, -0.05) is 143 Å². The lowest BCUT2D eigenvalue weighted by Crippen LogP contribution is -2.35. The quantitative estimate of drug-likeness (QED) is 0.114. The van der Waals surface area contributed by atoms with E-state index >= 15 is 0 Å². The maximum atomic E-state index is 4.91. The van der Waals surface area contributed by atoms with E-state index in [-0.39, 0.29) is 0 Å². The second-order valence-corrected chi connectivity index (χ2v) is 13.1. The fourth-order valence-corrected chi connectivity index (χ4v) is 6.84. The van der Waals surface area contributed by atoms with Gasteiger partial charge in [-0.15, -0.1) is 0 Å². The SMILES string of the molecule is CCCCCCC(CCCC)CCCCCN1CCC(n2cc(C(CCCCC)CCCCCC)cn2)CC1. The van der Waals surface area contributed by atoms with Crippen molar-refractivity contribution >= 4 is 0 Å². The first-order chi connectivity index (χ1) is 19.2. The topological polar surface area (TPSA) is 21.1 Å². The van der Waals surface area contributed by atoms with E-state index in [9.17, 15) is 0 Å². The number of likely N-dealkylation sites (tertiary alicyclic amines) is 1. The van der Waals surface area contributed by atoms with Crippen molar-refractivity contribution < 1.29 is 0 Å². The Labute approximate surface area is 245 Å². The lowest BCUT2D eigenvalue weighted by Gasteiger charge is -2.32. The molecule has 0 radical (unpaired) electrons. The smallest absolute Gasteiger partial charge is 0.0543 e. The van der Waals surface area contributed by atoms with Gasteiger partial charge in [-0.25, -0.2) is 0 Å². The van der Waals surface area contributed by atoms with Gasteiger partial charge in [0.15, 0.2) is 0 Å². The Hall–Kier alpha value is -0.830. The molecule has 1 aliphatic rings.